The van der Waals surface area contributed by atoms with Crippen molar-refractivity contribution in [3.63, 3.8) is 0 Å². The van der Waals surface area contributed by atoms with Crippen LogP contribution in [0.25, 0.3) is 33.4 Å². The highest BCUT2D eigenvalue weighted by molar-refractivity contribution is 5.93. The summed E-state index contributed by atoms with van der Waals surface area (Å²) in [6.45, 7) is 0. The smallest absolute Gasteiger partial charge is 0.0977 e. The van der Waals surface area contributed by atoms with Gasteiger partial charge in [-0.25, -0.2) is 0 Å². The van der Waals surface area contributed by atoms with Crippen LogP contribution < -0.4 is 0 Å². The van der Waals surface area contributed by atoms with Crippen LogP contribution in [0.4, 0.5) is 0 Å². The van der Waals surface area contributed by atoms with E-state index in [0.717, 1.165) is 22.3 Å². The van der Waals surface area contributed by atoms with E-state index in [1.54, 1.807) is 0 Å². The van der Waals surface area contributed by atoms with E-state index in [4.69, 9.17) is 0 Å². The molecule has 3 aromatic carbocycles. The Balaban J connectivity index is 2.02. The molecule has 0 aliphatic carbocycles. The lowest BCUT2D eigenvalue weighted by Gasteiger charge is -2.15. The van der Waals surface area contributed by atoms with Gasteiger partial charge in [-0.05, 0) is 16.7 Å². The average Bonchev–Trinajstić information content (AvgIpc) is 2.69. The van der Waals surface area contributed by atoms with Gasteiger partial charge in [-0.3, -0.25) is 4.98 Å². The number of hydrogen-bond acceptors (Lipinski definition) is 1. The zero-order valence-electron chi connectivity index (χ0n) is 13.2. The Morgan fingerprint density at radius 2 is 1.04 bits per heavy atom. The predicted molar refractivity (Wildman–Crippen MR) is 99.4 cm³/mol. The third kappa shape index (κ3) is 2.72. The predicted octanol–water partition coefficient (Wildman–Crippen LogP) is 5.88. The molecule has 1 heteroatoms. The Bertz CT molecular complexity index is 872. The molecule has 24 heavy (non-hydrogen) atoms. The summed E-state index contributed by atoms with van der Waals surface area (Å²) in [5, 5.41) is 0. The van der Waals surface area contributed by atoms with Crippen molar-refractivity contribution < 1.29 is 0 Å². The second kappa shape index (κ2) is 6.51. The summed E-state index contributed by atoms with van der Waals surface area (Å²) in [6.07, 6.45) is 5.12. The Morgan fingerprint density at radius 3 is 1.62 bits per heavy atom. The second-order valence-electron chi connectivity index (χ2n) is 5.63. The van der Waals surface area contributed by atoms with Gasteiger partial charge in [0, 0.05) is 22.9 Å². The van der Waals surface area contributed by atoms with Gasteiger partial charge in [0.15, 0.2) is 0 Å². The van der Waals surface area contributed by atoms with Crippen LogP contribution in [0.5, 0.6) is 0 Å². The molecule has 0 spiro atoms. The molecule has 0 aliphatic rings. The van der Waals surface area contributed by atoms with E-state index in [9.17, 15) is 0 Å². The third-order valence-electron chi connectivity index (χ3n) is 4.10. The van der Waals surface area contributed by atoms with Crippen molar-refractivity contribution in [2.45, 2.75) is 0 Å². The molecule has 0 saturated carbocycles. The molecule has 0 amide bonds. The van der Waals surface area contributed by atoms with Crippen LogP contribution in [0.15, 0.2) is 97.2 Å². The standard InChI is InChI=1S/C23H16N/c1-4-10-18(11-5-1)21-16-24-17-22(19-12-6-2-7-13-19)23(21)20-14-8-3-9-15-20/h1-16H. The quantitative estimate of drug-likeness (QED) is 0.460. The van der Waals surface area contributed by atoms with Crippen molar-refractivity contribution in [2.75, 3.05) is 0 Å². The molecule has 0 atom stereocenters. The summed E-state index contributed by atoms with van der Waals surface area (Å²) in [5.41, 5.74) is 6.79. The van der Waals surface area contributed by atoms with Gasteiger partial charge in [-0.15, -0.1) is 0 Å². The molecule has 1 heterocycles. The molecule has 4 rings (SSSR count). The molecule has 1 nitrogen and oxygen atoms in total. The normalized spacial score (nSPS) is 10.5. The third-order valence-corrected chi connectivity index (χ3v) is 4.10. The summed E-state index contributed by atoms with van der Waals surface area (Å²) < 4.78 is 0. The van der Waals surface area contributed by atoms with E-state index in [1.165, 1.54) is 11.1 Å². The molecule has 1 radical (unpaired) electrons. The van der Waals surface area contributed by atoms with Crippen molar-refractivity contribution in [1.82, 2.24) is 4.98 Å². The summed E-state index contributed by atoms with van der Waals surface area (Å²) >= 11 is 0. The number of benzene rings is 3. The molecule has 0 bridgehead atoms. The van der Waals surface area contributed by atoms with E-state index in [2.05, 4.69) is 71.8 Å². The first-order chi connectivity index (χ1) is 11.9. The second-order valence-corrected chi connectivity index (χ2v) is 5.63. The molecule has 113 valence electrons. The molecular weight excluding hydrogens is 290 g/mol. The van der Waals surface area contributed by atoms with E-state index in [-0.39, 0.29) is 0 Å². The van der Waals surface area contributed by atoms with Gasteiger partial charge in [-0.1, -0.05) is 91.0 Å². The topological polar surface area (TPSA) is 12.9 Å². The molecule has 0 unspecified atom stereocenters. The summed E-state index contributed by atoms with van der Waals surface area (Å²) in [5.74, 6) is 0. The zero-order chi connectivity index (χ0) is 16.2. The minimum atomic E-state index is 1.03. The average molecular weight is 306 g/mol. The zero-order valence-corrected chi connectivity index (χ0v) is 13.2. The minimum Gasteiger partial charge on any atom is -0.253 e. The van der Waals surface area contributed by atoms with Crippen LogP contribution in [0.2, 0.25) is 0 Å². The monoisotopic (exact) mass is 306 g/mol. The highest BCUT2D eigenvalue weighted by atomic mass is 14.6. The largest absolute Gasteiger partial charge is 0.253 e. The molecule has 0 N–H and O–H groups in total. The highest BCUT2D eigenvalue weighted by Crippen LogP contribution is 2.38. The molecule has 4 aromatic rings. The van der Waals surface area contributed by atoms with Crippen LogP contribution in [-0.2, 0) is 0 Å². The number of hydrogen-bond donors (Lipinski definition) is 0. The van der Waals surface area contributed by atoms with Crippen LogP contribution in [0.1, 0.15) is 0 Å². The highest BCUT2D eigenvalue weighted by Gasteiger charge is 2.14. The fourth-order valence-corrected chi connectivity index (χ4v) is 2.97. The van der Waals surface area contributed by atoms with Gasteiger partial charge >= 0.3 is 0 Å². The lowest BCUT2D eigenvalue weighted by molar-refractivity contribution is 1.31. The summed E-state index contributed by atoms with van der Waals surface area (Å²) in [7, 11) is 0. The van der Waals surface area contributed by atoms with E-state index in [0.29, 0.717) is 0 Å². The van der Waals surface area contributed by atoms with Gasteiger partial charge in [-0.2, -0.15) is 0 Å². The van der Waals surface area contributed by atoms with Gasteiger partial charge in [0.05, 0.1) is 6.20 Å². The minimum absolute atomic E-state index is 1.03. The summed E-state index contributed by atoms with van der Waals surface area (Å²) in [4.78, 5) is 4.40. The number of pyridine rings is 1. The lowest BCUT2D eigenvalue weighted by Crippen LogP contribution is -1.92. The molecule has 1 aromatic heterocycles. The first-order valence-corrected chi connectivity index (χ1v) is 8.00. The van der Waals surface area contributed by atoms with Gasteiger partial charge in [0.25, 0.3) is 0 Å². The molecule has 0 aliphatic heterocycles. The van der Waals surface area contributed by atoms with Crippen LogP contribution >= 0.6 is 0 Å². The van der Waals surface area contributed by atoms with E-state index < -0.39 is 0 Å². The number of nitrogens with zero attached hydrogens (tertiary/aromatic N) is 1. The lowest BCUT2D eigenvalue weighted by atomic mass is 9.90. The van der Waals surface area contributed by atoms with Crippen molar-refractivity contribution in [3.8, 4) is 33.4 Å². The fraction of sp³-hybridized carbons (Fsp3) is 0. The van der Waals surface area contributed by atoms with Crippen LogP contribution in [-0.4, -0.2) is 4.98 Å². The fourth-order valence-electron chi connectivity index (χ4n) is 2.97. The maximum atomic E-state index is 4.40. The van der Waals surface area contributed by atoms with Crippen molar-refractivity contribution >= 4 is 0 Å². The maximum Gasteiger partial charge on any atom is 0.0977 e. The molecular formula is C23H16N. The van der Waals surface area contributed by atoms with Gasteiger partial charge in [0.1, 0.15) is 0 Å². The van der Waals surface area contributed by atoms with Crippen molar-refractivity contribution in [1.29, 1.82) is 0 Å². The number of rotatable bonds is 3. The van der Waals surface area contributed by atoms with Gasteiger partial charge < -0.3 is 0 Å². The van der Waals surface area contributed by atoms with Crippen molar-refractivity contribution in [2.24, 2.45) is 0 Å². The first-order valence-electron chi connectivity index (χ1n) is 8.00. The number of aromatic nitrogens is 1. The molecule has 0 saturated heterocycles. The maximum absolute atomic E-state index is 4.40. The Labute approximate surface area is 142 Å². The van der Waals surface area contributed by atoms with E-state index in [1.807, 2.05) is 36.5 Å². The van der Waals surface area contributed by atoms with Crippen LogP contribution in [0, 0.1) is 6.20 Å². The SMILES string of the molecule is [c]1ncc(-c2ccccc2)c(-c2ccccc2)c1-c1ccccc1. The Kier molecular flexibility index (Phi) is 3.91. The summed E-state index contributed by atoms with van der Waals surface area (Å²) in [6, 6.07) is 31.2. The van der Waals surface area contributed by atoms with Crippen LogP contribution in [0.3, 0.4) is 0 Å². The van der Waals surface area contributed by atoms with E-state index >= 15 is 0 Å². The first kappa shape index (κ1) is 14.4. The van der Waals surface area contributed by atoms with Crippen molar-refractivity contribution in [3.05, 3.63) is 103 Å². The Hall–Kier alpha value is -3.19. The van der Waals surface area contributed by atoms with Gasteiger partial charge in [0.2, 0.25) is 0 Å². The Morgan fingerprint density at radius 1 is 0.542 bits per heavy atom. The molecule has 0 fully saturated rings.